The van der Waals surface area contributed by atoms with Crippen molar-refractivity contribution in [3.05, 3.63) is 57.4 Å². The maximum atomic E-state index is 13.5. The number of aromatic amines is 1. The summed E-state index contributed by atoms with van der Waals surface area (Å²) in [6, 6.07) is 7.77. The third kappa shape index (κ3) is 6.53. The first kappa shape index (κ1) is 28.3. The molecular weight excluding hydrogens is 513 g/mol. The Labute approximate surface area is 210 Å². The second-order valence-corrected chi connectivity index (χ2v) is 9.75. The smallest absolute Gasteiger partial charge is 0.461 e. The van der Waals surface area contributed by atoms with Crippen LogP contribution in [-0.2, 0) is 27.9 Å². The highest BCUT2D eigenvalue weighted by molar-refractivity contribution is 7.49. The van der Waals surface area contributed by atoms with Crippen LogP contribution in [0.2, 0.25) is 0 Å². The van der Waals surface area contributed by atoms with Gasteiger partial charge < -0.3 is 24.2 Å². The van der Waals surface area contributed by atoms with Crippen molar-refractivity contribution >= 4 is 13.8 Å². The lowest BCUT2D eigenvalue weighted by atomic mass is 9.95. The van der Waals surface area contributed by atoms with Gasteiger partial charge in [0.15, 0.2) is 12.3 Å². The van der Waals surface area contributed by atoms with Crippen molar-refractivity contribution < 1.29 is 42.6 Å². The van der Waals surface area contributed by atoms with Crippen molar-refractivity contribution in [1.29, 1.82) is 0 Å². The standard InChI is InChI=1S/C22H26N3O11P/c1-5-22(30)18(27)16(34-20(22)25-21(29)24-17(26)11-23-25)12-32-37(31,36-15-9-7-6-8-10-15)35-14(4)19(28)33-13(2)3/h1,6-11,13-14,16,18,20,27,30H,12H2,2-4H3,(H,24,26,29)/t14-,16+,18-,20+,22?,37?/m0/s1. The molecule has 1 fully saturated rings. The number of phosphoric acid groups is 1. The van der Waals surface area contributed by atoms with E-state index in [0.29, 0.717) is 4.68 Å². The molecule has 6 atom stereocenters. The molecule has 0 aliphatic carbocycles. The van der Waals surface area contributed by atoms with E-state index in [0.717, 1.165) is 6.20 Å². The van der Waals surface area contributed by atoms with E-state index >= 15 is 0 Å². The summed E-state index contributed by atoms with van der Waals surface area (Å²) in [6.45, 7) is 3.77. The number of nitrogens with one attached hydrogen (secondary N) is 1. The Balaban J connectivity index is 1.84. The van der Waals surface area contributed by atoms with Crippen LogP contribution in [-0.4, -0.2) is 67.6 Å². The van der Waals surface area contributed by atoms with Gasteiger partial charge in [-0.25, -0.2) is 14.2 Å². The number of phosphoric ester groups is 1. The Kier molecular flexibility index (Phi) is 8.70. The lowest BCUT2D eigenvalue weighted by Crippen LogP contribution is -2.49. The highest BCUT2D eigenvalue weighted by Gasteiger charge is 2.57. The van der Waals surface area contributed by atoms with Gasteiger partial charge in [-0.05, 0) is 32.9 Å². The van der Waals surface area contributed by atoms with E-state index in [-0.39, 0.29) is 5.75 Å². The van der Waals surface area contributed by atoms with Crippen LogP contribution in [0.5, 0.6) is 5.75 Å². The Morgan fingerprint density at radius 1 is 1.32 bits per heavy atom. The summed E-state index contributed by atoms with van der Waals surface area (Å²) in [4.78, 5) is 37.6. The van der Waals surface area contributed by atoms with Crippen LogP contribution in [0.3, 0.4) is 0 Å². The minimum Gasteiger partial charge on any atom is -0.461 e. The highest BCUT2D eigenvalue weighted by atomic mass is 31.2. The first-order valence-electron chi connectivity index (χ1n) is 11.0. The lowest BCUT2D eigenvalue weighted by molar-refractivity contribution is -0.156. The molecule has 200 valence electrons. The van der Waals surface area contributed by atoms with E-state index < -0.39 is 67.9 Å². The van der Waals surface area contributed by atoms with Crippen molar-refractivity contribution in [2.45, 2.75) is 57.0 Å². The zero-order valence-electron chi connectivity index (χ0n) is 20.0. The molecule has 15 heteroatoms. The average molecular weight is 539 g/mol. The number of aliphatic hydroxyl groups excluding tert-OH is 1. The summed E-state index contributed by atoms with van der Waals surface area (Å²) in [5, 5.41) is 25.1. The summed E-state index contributed by atoms with van der Waals surface area (Å²) in [6.07, 6.45) is -0.828. The average Bonchev–Trinajstić information content (AvgIpc) is 3.08. The molecule has 1 aromatic heterocycles. The predicted molar refractivity (Wildman–Crippen MR) is 125 cm³/mol. The van der Waals surface area contributed by atoms with Gasteiger partial charge in [-0.2, -0.15) is 9.78 Å². The fraction of sp³-hybridized carbons (Fsp3) is 0.455. The first-order chi connectivity index (χ1) is 17.4. The van der Waals surface area contributed by atoms with Crippen LogP contribution in [0.25, 0.3) is 0 Å². The van der Waals surface area contributed by atoms with E-state index in [9.17, 15) is 29.2 Å². The third-order valence-electron chi connectivity index (χ3n) is 5.00. The number of aliphatic hydroxyl groups is 2. The number of benzene rings is 1. The van der Waals surface area contributed by atoms with Gasteiger partial charge in [0.05, 0.1) is 12.7 Å². The zero-order chi connectivity index (χ0) is 27.4. The van der Waals surface area contributed by atoms with Crippen molar-refractivity contribution in [3.63, 3.8) is 0 Å². The minimum absolute atomic E-state index is 0.0742. The van der Waals surface area contributed by atoms with E-state index in [1.807, 2.05) is 10.9 Å². The molecule has 14 nitrogen and oxygen atoms in total. The second kappa shape index (κ2) is 11.4. The highest BCUT2D eigenvalue weighted by Crippen LogP contribution is 2.51. The molecule has 2 heterocycles. The van der Waals surface area contributed by atoms with Crippen LogP contribution < -0.4 is 15.8 Å². The summed E-state index contributed by atoms with van der Waals surface area (Å²) in [5.74, 6) is 1.19. The number of hydrogen-bond acceptors (Lipinski definition) is 12. The third-order valence-corrected chi connectivity index (χ3v) is 6.48. The van der Waals surface area contributed by atoms with Crippen LogP contribution in [0.1, 0.15) is 27.0 Å². The molecule has 2 aromatic rings. The minimum atomic E-state index is -4.59. The molecule has 1 saturated heterocycles. The number of ether oxygens (including phenoxy) is 2. The number of para-hydroxylation sites is 1. The molecular formula is C22H26N3O11P. The molecule has 0 saturated carbocycles. The molecule has 0 radical (unpaired) electrons. The van der Waals surface area contributed by atoms with Gasteiger partial charge >= 0.3 is 19.5 Å². The monoisotopic (exact) mass is 539 g/mol. The Bertz CT molecular complexity index is 1310. The van der Waals surface area contributed by atoms with Gasteiger partial charge in [0.25, 0.3) is 5.56 Å². The molecule has 3 N–H and O–H groups in total. The molecule has 1 aromatic carbocycles. The molecule has 3 rings (SSSR count). The molecule has 1 aliphatic heterocycles. The Morgan fingerprint density at radius 3 is 2.59 bits per heavy atom. The molecule has 0 amide bonds. The van der Waals surface area contributed by atoms with E-state index in [2.05, 4.69) is 5.10 Å². The van der Waals surface area contributed by atoms with Gasteiger partial charge in [0.1, 0.15) is 24.2 Å². The summed E-state index contributed by atoms with van der Waals surface area (Å²) >= 11 is 0. The number of hydrogen-bond donors (Lipinski definition) is 3. The number of esters is 1. The molecule has 0 bridgehead atoms. The van der Waals surface area contributed by atoms with Crippen molar-refractivity contribution in [2.24, 2.45) is 0 Å². The maximum Gasteiger partial charge on any atom is 0.530 e. The molecule has 37 heavy (non-hydrogen) atoms. The topological polar surface area (TPSA) is 188 Å². The van der Waals surface area contributed by atoms with Gasteiger partial charge in [-0.1, -0.05) is 24.1 Å². The fourth-order valence-corrected chi connectivity index (χ4v) is 4.59. The molecule has 1 aliphatic rings. The van der Waals surface area contributed by atoms with Gasteiger partial charge in [-0.15, -0.1) is 6.42 Å². The Hall–Kier alpha value is -3.31. The van der Waals surface area contributed by atoms with Crippen molar-refractivity contribution in [2.75, 3.05) is 6.61 Å². The fourth-order valence-electron chi connectivity index (χ4n) is 3.25. The summed E-state index contributed by atoms with van der Waals surface area (Å²) in [7, 11) is -4.59. The number of aromatic nitrogens is 3. The summed E-state index contributed by atoms with van der Waals surface area (Å²) in [5.41, 5.74) is -4.38. The maximum absolute atomic E-state index is 13.5. The first-order valence-corrected chi connectivity index (χ1v) is 12.4. The Morgan fingerprint density at radius 2 is 2.00 bits per heavy atom. The second-order valence-electron chi connectivity index (χ2n) is 8.21. The van der Waals surface area contributed by atoms with E-state index in [4.69, 9.17) is 29.5 Å². The number of nitrogens with zero attached hydrogens (tertiary/aromatic N) is 2. The van der Waals surface area contributed by atoms with Gasteiger partial charge in [0, 0.05) is 0 Å². The summed E-state index contributed by atoms with van der Waals surface area (Å²) < 4.78 is 40.7. The van der Waals surface area contributed by atoms with Gasteiger partial charge in [0.2, 0.25) is 5.60 Å². The van der Waals surface area contributed by atoms with Crippen molar-refractivity contribution in [1.82, 2.24) is 14.8 Å². The van der Waals surface area contributed by atoms with E-state index in [1.54, 1.807) is 32.0 Å². The number of rotatable bonds is 10. The number of terminal acetylenes is 1. The lowest BCUT2D eigenvalue weighted by Gasteiger charge is -2.25. The number of H-pyrrole nitrogens is 1. The van der Waals surface area contributed by atoms with Crippen LogP contribution >= 0.6 is 7.82 Å². The molecule has 0 spiro atoms. The quantitative estimate of drug-likeness (QED) is 0.210. The van der Waals surface area contributed by atoms with Crippen molar-refractivity contribution in [3.8, 4) is 18.1 Å². The predicted octanol–water partition coefficient (Wildman–Crippen LogP) is 0.115. The normalized spacial score (nSPS) is 25.7. The van der Waals surface area contributed by atoms with Crippen LogP contribution in [0.4, 0.5) is 0 Å². The SMILES string of the molecule is C#CC1(O)[C@@H](O)[C@@H](COP(=O)(Oc2ccccc2)O[C@@H](C)C(=O)OC(C)C)O[C@H]1n1ncc(=O)[nH]c1=O. The van der Waals surface area contributed by atoms with Crippen LogP contribution in [0.15, 0.2) is 46.1 Å². The number of carbonyl (C=O) groups excluding carboxylic acids is 1. The zero-order valence-corrected chi connectivity index (χ0v) is 20.9. The largest absolute Gasteiger partial charge is 0.530 e. The molecule has 2 unspecified atom stereocenters. The van der Waals surface area contributed by atoms with Crippen LogP contribution in [0, 0.1) is 12.3 Å². The number of carbonyl (C=O) groups is 1. The van der Waals surface area contributed by atoms with Gasteiger partial charge in [-0.3, -0.25) is 18.8 Å². The van der Waals surface area contributed by atoms with E-state index in [1.165, 1.54) is 19.1 Å².